The predicted octanol–water partition coefficient (Wildman–Crippen LogP) is 1.03. The molecule has 1 amide bonds. The predicted molar refractivity (Wildman–Crippen MR) is 69.0 cm³/mol. The molecule has 1 atom stereocenters. The summed E-state index contributed by atoms with van der Waals surface area (Å²) in [6.07, 6.45) is 1.07. The first-order chi connectivity index (χ1) is 8.31. The number of hydrogen-bond acceptors (Lipinski definition) is 5. The molecule has 1 aromatic heterocycles. The quantitative estimate of drug-likeness (QED) is 0.821. The Bertz CT molecular complexity index is 489. The molecule has 1 rings (SSSR count). The molecule has 0 aliphatic carbocycles. The maximum atomic E-state index is 11.5. The van der Waals surface area contributed by atoms with Crippen molar-refractivity contribution in [2.75, 3.05) is 20.4 Å². The van der Waals surface area contributed by atoms with Gasteiger partial charge in [0.15, 0.2) is 0 Å². The zero-order chi connectivity index (χ0) is 13.9. The lowest BCUT2D eigenvalue weighted by atomic mass is 10.2. The maximum absolute atomic E-state index is 11.5. The van der Waals surface area contributed by atoms with Gasteiger partial charge >= 0.3 is 6.09 Å². The van der Waals surface area contributed by atoms with Gasteiger partial charge in [-0.15, -0.1) is 0 Å². The molecule has 1 unspecified atom stereocenters. The zero-order valence-electron chi connectivity index (χ0n) is 11.2. The van der Waals surface area contributed by atoms with Crippen molar-refractivity contribution in [1.82, 2.24) is 14.9 Å². The Morgan fingerprint density at radius 1 is 1.33 bits per heavy atom. The molecule has 0 aliphatic heterocycles. The molecule has 1 heterocycles. The van der Waals surface area contributed by atoms with E-state index in [1.54, 1.807) is 34.2 Å². The maximum Gasteiger partial charge on any atom is 0.416 e. The Morgan fingerprint density at radius 2 is 1.94 bits per heavy atom. The molecule has 0 aliphatic rings. The van der Waals surface area contributed by atoms with Crippen molar-refractivity contribution in [3.63, 3.8) is 0 Å². The van der Waals surface area contributed by atoms with E-state index in [2.05, 4.69) is 9.97 Å². The molecule has 0 aromatic carbocycles. The molecule has 0 fully saturated rings. The number of carbonyl (C=O) groups excluding carboxylic acids is 1. The van der Waals surface area contributed by atoms with Crippen LogP contribution < -0.4 is 4.74 Å². The van der Waals surface area contributed by atoms with Gasteiger partial charge in [-0.05, 0) is 13.8 Å². The lowest BCUT2D eigenvalue weighted by Crippen LogP contribution is -2.26. The van der Waals surface area contributed by atoms with Crippen molar-refractivity contribution >= 4 is 16.9 Å². The molecule has 6 nitrogen and oxygen atoms in total. The minimum absolute atomic E-state index is 0.224. The monoisotopic (exact) mass is 271 g/mol. The summed E-state index contributed by atoms with van der Waals surface area (Å²) in [5.74, 6) is 0.885. The number of rotatable bonds is 3. The van der Waals surface area contributed by atoms with Crippen LogP contribution in [0.4, 0.5) is 4.79 Å². The number of amides is 1. The normalized spacial score (nSPS) is 12.1. The molecule has 0 saturated carbocycles. The Hall–Kier alpha value is -1.50. The summed E-state index contributed by atoms with van der Waals surface area (Å²) in [5, 5.41) is 0. The van der Waals surface area contributed by atoms with Crippen LogP contribution in [0.5, 0.6) is 5.88 Å². The second-order valence-electron chi connectivity index (χ2n) is 4.14. The van der Waals surface area contributed by atoms with Crippen molar-refractivity contribution in [3.05, 3.63) is 17.1 Å². The third-order valence-corrected chi connectivity index (χ3v) is 2.94. The summed E-state index contributed by atoms with van der Waals surface area (Å²) in [6, 6.07) is 0. The van der Waals surface area contributed by atoms with Gasteiger partial charge in [-0.3, -0.25) is 4.21 Å². The van der Waals surface area contributed by atoms with E-state index in [0.29, 0.717) is 17.1 Å². The number of ether oxygens (including phenoxy) is 1. The van der Waals surface area contributed by atoms with Crippen LogP contribution in [0.3, 0.4) is 0 Å². The van der Waals surface area contributed by atoms with Crippen LogP contribution in [-0.4, -0.2) is 45.5 Å². The summed E-state index contributed by atoms with van der Waals surface area (Å²) in [5.41, 5.74) is 1.42. The van der Waals surface area contributed by atoms with Gasteiger partial charge in [0, 0.05) is 42.4 Å². The van der Waals surface area contributed by atoms with E-state index < -0.39 is 16.9 Å². The highest BCUT2D eigenvalue weighted by Gasteiger charge is 2.14. The van der Waals surface area contributed by atoms with Crippen LogP contribution in [0.2, 0.25) is 0 Å². The molecule has 0 N–H and O–H groups in total. The molecule has 18 heavy (non-hydrogen) atoms. The summed E-state index contributed by atoms with van der Waals surface area (Å²) in [4.78, 5) is 21.1. The van der Waals surface area contributed by atoms with Crippen LogP contribution in [0.1, 0.15) is 17.1 Å². The second-order valence-corrected chi connectivity index (χ2v) is 5.57. The van der Waals surface area contributed by atoms with Gasteiger partial charge in [0.25, 0.3) is 0 Å². The highest BCUT2D eigenvalue weighted by atomic mass is 32.2. The summed E-state index contributed by atoms with van der Waals surface area (Å²) in [6.45, 7) is 3.58. The number of hydrogen-bond donors (Lipinski definition) is 0. The number of nitrogens with zero attached hydrogens (tertiary/aromatic N) is 3. The van der Waals surface area contributed by atoms with E-state index in [-0.39, 0.29) is 11.6 Å². The van der Waals surface area contributed by atoms with Crippen molar-refractivity contribution in [3.8, 4) is 5.88 Å². The molecule has 1 aromatic rings. The van der Waals surface area contributed by atoms with Crippen molar-refractivity contribution in [1.29, 1.82) is 0 Å². The van der Waals surface area contributed by atoms with Gasteiger partial charge in [0.05, 0.1) is 5.75 Å². The minimum Gasteiger partial charge on any atom is -0.391 e. The van der Waals surface area contributed by atoms with Gasteiger partial charge in [0.1, 0.15) is 5.82 Å². The average Bonchev–Trinajstić information content (AvgIpc) is 2.24. The highest BCUT2D eigenvalue weighted by Crippen LogP contribution is 2.18. The topological polar surface area (TPSA) is 72.4 Å². The second kappa shape index (κ2) is 5.90. The summed E-state index contributed by atoms with van der Waals surface area (Å²) < 4.78 is 16.3. The number of aromatic nitrogens is 2. The average molecular weight is 271 g/mol. The van der Waals surface area contributed by atoms with Crippen molar-refractivity contribution in [2.45, 2.75) is 19.6 Å². The van der Waals surface area contributed by atoms with Crippen molar-refractivity contribution < 1.29 is 13.7 Å². The van der Waals surface area contributed by atoms with Crippen LogP contribution in [0.25, 0.3) is 0 Å². The highest BCUT2D eigenvalue weighted by molar-refractivity contribution is 7.83. The number of aryl methyl sites for hydroxylation is 1. The molecule has 0 radical (unpaired) electrons. The Balaban J connectivity index is 3.06. The molecule has 0 bridgehead atoms. The Labute approximate surface area is 109 Å². The van der Waals surface area contributed by atoms with Gasteiger partial charge in [-0.1, -0.05) is 0 Å². The largest absolute Gasteiger partial charge is 0.416 e. The SMILES string of the molecule is Cc1nc(CS(C)=O)nc(OC(=O)N(C)C)c1C. The van der Waals surface area contributed by atoms with Crippen LogP contribution in [-0.2, 0) is 16.6 Å². The molecular weight excluding hydrogens is 254 g/mol. The first-order valence-electron chi connectivity index (χ1n) is 5.34. The first kappa shape index (κ1) is 14.6. The lowest BCUT2D eigenvalue weighted by Gasteiger charge is -2.13. The molecular formula is C11H17N3O3S. The molecule has 0 spiro atoms. The smallest absolute Gasteiger partial charge is 0.391 e. The minimum atomic E-state index is -1.04. The third-order valence-electron chi connectivity index (χ3n) is 2.27. The van der Waals surface area contributed by atoms with E-state index in [4.69, 9.17) is 4.74 Å². The summed E-state index contributed by atoms with van der Waals surface area (Å²) >= 11 is 0. The third kappa shape index (κ3) is 3.76. The number of carbonyl (C=O) groups is 1. The molecule has 100 valence electrons. The van der Waals surface area contributed by atoms with Crippen LogP contribution in [0, 0.1) is 13.8 Å². The first-order valence-corrected chi connectivity index (χ1v) is 7.07. The van der Waals surface area contributed by atoms with E-state index in [1.807, 2.05) is 0 Å². The van der Waals surface area contributed by atoms with Gasteiger partial charge in [-0.2, -0.15) is 4.98 Å². The van der Waals surface area contributed by atoms with E-state index in [1.165, 1.54) is 4.90 Å². The fourth-order valence-electron chi connectivity index (χ4n) is 1.18. The van der Waals surface area contributed by atoms with E-state index in [0.717, 1.165) is 0 Å². The Kier molecular flexibility index (Phi) is 4.77. The lowest BCUT2D eigenvalue weighted by molar-refractivity contribution is 0.169. The standard InChI is InChI=1S/C11H17N3O3S/c1-7-8(2)12-9(6-18(5)16)13-10(7)17-11(15)14(3)4/h6H2,1-5H3. The Morgan fingerprint density at radius 3 is 2.44 bits per heavy atom. The van der Waals surface area contributed by atoms with Gasteiger partial charge in [0.2, 0.25) is 5.88 Å². The van der Waals surface area contributed by atoms with E-state index in [9.17, 15) is 9.00 Å². The van der Waals surface area contributed by atoms with E-state index >= 15 is 0 Å². The summed E-state index contributed by atoms with van der Waals surface area (Å²) in [7, 11) is 2.14. The fraction of sp³-hybridized carbons (Fsp3) is 0.545. The zero-order valence-corrected chi connectivity index (χ0v) is 12.0. The van der Waals surface area contributed by atoms with Gasteiger partial charge in [-0.25, -0.2) is 9.78 Å². The fourth-order valence-corrected chi connectivity index (χ4v) is 1.67. The molecule has 7 heteroatoms. The van der Waals surface area contributed by atoms with Crippen LogP contribution >= 0.6 is 0 Å². The van der Waals surface area contributed by atoms with Crippen molar-refractivity contribution in [2.24, 2.45) is 0 Å². The van der Waals surface area contributed by atoms with Crippen LogP contribution in [0.15, 0.2) is 0 Å². The molecule has 0 saturated heterocycles. The van der Waals surface area contributed by atoms with Gasteiger partial charge < -0.3 is 9.64 Å².